The van der Waals surface area contributed by atoms with Crippen molar-refractivity contribution in [3.63, 3.8) is 0 Å². The van der Waals surface area contributed by atoms with Crippen molar-refractivity contribution in [3.8, 4) is 0 Å². The summed E-state index contributed by atoms with van der Waals surface area (Å²) >= 11 is 2.92. The Hall–Kier alpha value is -2.26. The van der Waals surface area contributed by atoms with Gasteiger partial charge in [-0.3, -0.25) is 9.20 Å². The molecule has 0 saturated carbocycles. The Morgan fingerprint density at radius 3 is 2.79 bits per heavy atom. The third kappa shape index (κ3) is 2.59. The topological polar surface area (TPSA) is 77.5 Å². The molecule has 0 bridgehead atoms. The smallest absolute Gasteiger partial charge is 0.258 e. The number of fused-ring (bicyclic) bond motifs is 2. The van der Waals surface area contributed by atoms with Gasteiger partial charge in [-0.05, 0) is 26.8 Å². The number of thiazole rings is 1. The number of aromatic nitrogens is 6. The van der Waals surface area contributed by atoms with E-state index >= 15 is 0 Å². The standard InChI is InChI=1S/C15H14N6OS2/c1-8-4-9(2)21-13(16-8)18-14(19-21)23-7-11-5-12(22)20-10(3)6-24-15(20)17-11/h4-6H,7H2,1-3H3. The van der Waals surface area contributed by atoms with Crippen LogP contribution >= 0.6 is 23.1 Å². The molecule has 4 rings (SSSR count). The third-order valence-corrected chi connectivity index (χ3v) is 5.39. The van der Waals surface area contributed by atoms with E-state index in [1.165, 1.54) is 23.1 Å². The molecule has 0 amide bonds. The van der Waals surface area contributed by atoms with Crippen molar-refractivity contribution in [2.45, 2.75) is 31.7 Å². The lowest BCUT2D eigenvalue weighted by molar-refractivity contribution is 0.843. The summed E-state index contributed by atoms with van der Waals surface area (Å²) in [6, 6.07) is 3.54. The highest BCUT2D eigenvalue weighted by Gasteiger charge is 2.11. The normalized spacial score (nSPS) is 11.6. The molecule has 0 aliphatic carbocycles. The summed E-state index contributed by atoms with van der Waals surface area (Å²) in [4.78, 5) is 26.3. The predicted molar refractivity (Wildman–Crippen MR) is 93.9 cm³/mol. The van der Waals surface area contributed by atoms with Crippen molar-refractivity contribution >= 4 is 33.8 Å². The van der Waals surface area contributed by atoms with Crippen molar-refractivity contribution < 1.29 is 0 Å². The minimum absolute atomic E-state index is 0.0505. The number of hydrogen-bond acceptors (Lipinski definition) is 7. The van der Waals surface area contributed by atoms with Gasteiger partial charge in [0.05, 0.1) is 5.69 Å². The van der Waals surface area contributed by atoms with Gasteiger partial charge < -0.3 is 0 Å². The van der Waals surface area contributed by atoms with Crippen LogP contribution in [-0.4, -0.2) is 29.0 Å². The summed E-state index contributed by atoms with van der Waals surface area (Å²) in [6.07, 6.45) is 0. The molecule has 4 aromatic rings. The first-order valence-corrected chi connectivity index (χ1v) is 9.18. The van der Waals surface area contributed by atoms with E-state index in [1.54, 1.807) is 15.0 Å². The second-order valence-electron chi connectivity index (χ2n) is 5.51. The Labute approximate surface area is 145 Å². The second-order valence-corrected chi connectivity index (χ2v) is 7.29. The van der Waals surface area contributed by atoms with Crippen molar-refractivity contribution in [1.82, 2.24) is 29.0 Å². The lowest BCUT2D eigenvalue weighted by Crippen LogP contribution is -2.14. The van der Waals surface area contributed by atoms with Crippen LogP contribution in [0.2, 0.25) is 0 Å². The number of nitrogens with zero attached hydrogens (tertiary/aromatic N) is 6. The van der Waals surface area contributed by atoms with Gasteiger partial charge in [0.25, 0.3) is 11.3 Å². The van der Waals surface area contributed by atoms with Crippen molar-refractivity contribution in [2.24, 2.45) is 0 Å². The van der Waals surface area contributed by atoms with Gasteiger partial charge in [-0.2, -0.15) is 4.98 Å². The van der Waals surface area contributed by atoms with Gasteiger partial charge in [0.1, 0.15) is 0 Å². The molecule has 0 saturated heterocycles. The summed E-state index contributed by atoms with van der Waals surface area (Å²) in [5.74, 6) is 1.13. The first kappa shape index (κ1) is 15.3. The van der Waals surface area contributed by atoms with E-state index in [4.69, 9.17) is 0 Å². The molecule has 7 nitrogen and oxygen atoms in total. The average molecular weight is 358 g/mol. The second kappa shape index (κ2) is 5.67. The molecular weight excluding hydrogens is 344 g/mol. The number of aryl methyl sites for hydroxylation is 3. The first-order valence-electron chi connectivity index (χ1n) is 7.32. The fraction of sp³-hybridized carbons (Fsp3) is 0.267. The summed E-state index contributed by atoms with van der Waals surface area (Å²) in [5, 5.41) is 7.01. The molecule has 0 N–H and O–H groups in total. The van der Waals surface area contributed by atoms with Gasteiger partial charge in [-0.15, -0.1) is 16.4 Å². The maximum atomic E-state index is 12.2. The lowest BCUT2D eigenvalue weighted by atomic mass is 10.4. The Kier molecular flexibility index (Phi) is 3.61. The fourth-order valence-corrected chi connectivity index (χ4v) is 4.12. The van der Waals surface area contributed by atoms with Crippen LogP contribution in [0.25, 0.3) is 10.7 Å². The number of hydrogen-bond donors (Lipinski definition) is 0. The molecule has 0 aliphatic rings. The van der Waals surface area contributed by atoms with Gasteiger partial charge in [0, 0.05) is 34.3 Å². The molecule has 0 atom stereocenters. The lowest BCUT2D eigenvalue weighted by Gasteiger charge is -1.99. The Bertz CT molecular complexity index is 1130. The summed E-state index contributed by atoms with van der Waals surface area (Å²) < 4.78 is 3.35. The number of thioether (sulfide) groups is 1. The molecular formula is C15H14N6OS2. The maximum Gasteiger partial charge on any atom is 0.258 e. The van der Waals surface area contributed by atoms with E-state index in [1.807, 2.05) is 32.2 Å². The van der Waals surface area contributed by atoms with Crippen LogP contribution in [0, 0.1) is 20.8 Å². The van der Waals surface area contributed by atoms with Crippen LogP contribution < -0.4 is 5.56 Å². The molecule has 0 unspecified atom stereocenters. The van der Waals surface area contributed by atoms with Crippen LogP contribution in [0.1, 0.15) is 22.8 Å². The molecule has 0 fully saturated rings. The zero-order valence-electron chi connectivity index (χ0n) is 13.3. The van der Waals surface area contributed by atoms with E-state index in [0.29, 0.717) is 21.6 Å². The highest BCUT2D eigenvalue weighted by Crippen LogP contribution is 2.20. The zero-order valence-corrected chi connectivity index (χ0v) is 15.0. The highest BCUT2D eigenvalue weighted by molar-refractivity contribution is 7.98. The van der Waals surface area contributed by atoms with Crippen molar-refractivity contribution in [3.05, 3.63) is 50.6 Å². The molecule has 0 aliphatic heterocycles. The van der Waals surface area contributed by atoms with E-state index in [2.05, 4.69) is 20.1 Å². The molecule has 0 aromatic carbocycles. The highest BCUT2D eigenvalue weighted by atomic mass is 32.2. The average Bonchev–Trinajstić information content (AvgIpc) is 3.09. The molecule has 4 aromatic heterocycles. The fourth-order valence-electron chi connectivity index (χ4n) is 2.52. The van der Waals surface area contributed by atoms with Gasteiger partial charge in [0.15, 0.2) is 4.96 Å². The van der Waals surface area contributed by atoms with Crippen LogP contribution in [0.5, 0.6) is 0 Å². The van der Waals surface area contributed by atoms with Crippen LogP contribution in [0.3, 0.4) is 0 Å². The van der Waals surface area contributed by atoms with E-state index in [9.17, 15) is 4.79 Å². The third-order valence-electron chi connectivity index (χ3n) is 3.58. The molecule has 24 heavy (non-hydrogen) atoms. The maximum absolute atomic E-state index is 12.2. The Morgan fingerprint density at radius 2 is 1.96 bits per heavy atom. The summed E-state index contributed by atoms with van der Waals surface area (Å²) in [6.45, 7) is 5.81. The minimum Gasteiger partial charge on any atom is -0.269 e. The SMILES string of the molecule is Cc1cc(C)n2nc(SCc3cc(=O)n4c(C)csc4n3)nc2n1. The largest absolute Gasteiger partial charge is 0.269 e. The van der Waals surface area contributed by atoms with Gasteiger partial charge in [0.2, 0.25) is 5.16 Å². The monoisotopic (exact) mass is 358 g/mol. The zero-order chi connectivity index (χ0) is 16.8. The Balaban J connectivity index is 1.63. The molecule has 4 heterocycles. The summed E-state index contributed by atoms with van der Waals surface area (Å²) in [5.41, 5.74) is 3.49. The molecule has 9 heteroatoms. The number of rotatable bonds is 3. The van der Waals surface area contributed by atoms with Crippen LogP contribution in [-0.2, 0) is 5.75 Å². The predicted octanol–water partition coefficient (Wildman–Crippen LogP) is 2.41. The minimum atomic E-state index is -0.0505. The Morgan fingerprint density at radius 1 is 1.12 bits per heavy atom. The van der Waals surface area contributed by atoms with E-state index in [0.717, 1.165) is 22.8 Å². The van der Waals surface area contributed by atoms with Gasteiger partial charge >= 0.3 is 0 Å². The van der Waals surface area contributed by atoms with Gasteiger partial charge in [-0.1, -0.05) is 11.8 Å². The van der Waals surface area contributed by atoms with Crippen LogP contribution in [0.4, 0.5) is 0 Å². The van der Waals surface area contributed by atoms with E-state index in [-0.39, 0.29) is 5.56 Å². The molecule has 0 spiro atoms. The van der Waals surface area contributed by atoms with Crippen molar-refractivity contribution in [1.29, 1.82) is 0 Å². The summed E-state index contributed by atoms with van der Waals surface area (Å²) in [7, 11) is 0. The molecule has 122 valence electrons. The molecule has 0 radical (unpaired) electrons. The first-order chi connectivity index (χ1) is 11.5. The van der Waals surface area contributed by atoms with Gasteiger partial charge in [-0.25, -0.2) is 14.5 Å². The van der Waals surface area contributed by atoms with Crippen LogP contribution in [0.15, 0.2) is 27.5 Å². The quantitative estimate of drug-likeness (QED) is 0.524. The van der Waals surface area contributed by atoms with E-state index < -0.39 is 0 Å². The van der Waals surface area contributed by atoms with Crippen molar-refractivity contribution in [2.75, 3.05) is 0 Å².